The lowest BCUT2D eigenvalue weighted by Crippen LogP contribution is -2.51. The van der Waals surface area contributed by atoms with E-state index >= 15 is 0 Å². The lowest BCUT2D eigenvalue weighted by Gasteiger charge is -2.38. The Kier molecular flexibility index (Phi) is 3.89. The molecule has 2 aliphatic rings. The van der Waals surface area contributed by atoms with E-state index in [4.69, 9.17) is 4.74 Å². The highest BCUT2D eigenvalue weighted by Gasteiger charge is 2.61. The largest absolute Gasteiger partial charge is 0.444 e. The number of aldehydes is 1. The van der Waals surface area contributed by atoms with Crippen LogP contribution in [-0.4, -0.2) is 35.5 Å². The Labute approximate surface area is 139 Å². The second kappa shape index (κ2) is 5.53. The second-order valence-corrected chi connectivity index (χ2v) is 7.76. The van der Waals surface area contributed by atoms with Crippen molar-refractivity contribution in [3.05, 3.63) is 35.4 Å². The summed E-state index contributed by atoms with van der Waals surface area (Å²) < 4.78 is 32.6. The van der Waals surface area contributed by atoms with Gasteiger partial charge < -0.3 is 9.53 Å². The zero-order valence-electron chi connectivity index (χ0n) is 14.0. The van der Waals surface area contributed by atoms with Gasteiger partial charge in [0.1, 0.15) is 23.5 Å². The third-order valence-corrected chi connectivity index (χ3v) is 4.83. The Morgan fingerprint density at radius 2 is 1.92 bits per heavy atom. The number of fused-ring (bicyclic) bond motifs is 1. The number of carbonyl (C=O) groups is 2. The Morgan fingerprint density at radius 3 is 2.46 bits per heavy atom. The number of hydrogen-bond acceptors (Lipinski definition) is 3. The predicted molar refractivity (Wildman–Crippen MR) is 83.6 cm³/mol. The van der Waals surface area contributed by atoms with Gasteiger partial charge in [-0.25, -0.2) is 13.6 Å². The molecule has 0 N–H and O–H groups in total. The molecule has 24 heavy (non-hydrogen) atoms. The van der Waals surface area contributed by atoms with Crippen LogP contribution in [-0.2, 0) is 14.9 Å². The smallest absolute Gasteiger partial charge is 0.410 e. The number of halogens is 2. The summed E-state index contributed by atoms with van der Waals surface area (Å²) in [6.45, 7) is 5.49. The zero-order chi connectivity index (χ0) is 17.7. The van der Waals surface area contributed by atoms with Crippen molar-refractivity contribution in [3.63, 3.8) is 0 Å². The fourth-order valence-corrected chi connectivity index (χ4v) is 3.66. The van der Waals surface area contributed by atoms with Crippen LogP contribution in [0.2, 0.25) is 0 Å². The van der Waals surface area contributed by atoms with Crippen LogP contribution in [0.5, 0.6) is 0 Å². The molecule has 1 saturated heterocycles. The number of nitrogens with zero attached hydrogens (tertiary/aromatic N) is 1. The van der Waals surface area contributed by atoms with Gasteiger partial charge in [-0.15, -0.1) is 0 Å². The summed E-state index contributed by atoms with van der Waals surface area (Å²) in [4.78, 5) is 25.2. The van der Waals surface area contributed by atoms with Crippen LogP contribution in [0.25, 0.3) is 0 Å². The van der Waals surface area contributed by atoms with Crippen LogP contribution >= 0.6 is 0 Å². The fraction of sp³-hybridized carbons (Fsp3) is 0.556. The normalized spacial score (nSPS) is 29.0. The van der Waals surface area contributed by atoms with Gasteiger partial charge in [0, 0.05) is 18.0 Å². The molecule has 1 aliphatic carbocycles. The molecule has 1 aromatic rings. The molecule has 6 heteroatoms. The van der Waals surface area contributed by atoms with Crippen molar-refractivity contribution in [2.45, 2.75) is 50.7 Å². The van der Waals surface area contributed by atoms with Gasteiger partial charge >= 0.3 is 6.09 Å². The summed E-state index contributed by atoms with van der Waals surface area (Å²) >= 11 is 0. The first-order valence-electron chi connectivity index (χ1n) is 8.06. The van der Waals surface area contributed by atoms with E-state index in [0.29, 0.717) is 18.4 Å². The molecule has 0 bridgehead atoms. The average molecular weight is 337 g/mol. The van der Waals surface area contributed by atoms with Gasteiger partial charge in [0.05, 0.1) is 6.04 Å². The van der Waals surface area contributed by atoms with Crippen LogP contribution < -0.4 is 0 Å². The maximum Gasteiger partial charge on any atom is 0.410 e. The van der Waals surface area contributed by atoms with Gasteiger partial charge in [-0.05, 0) is 57.2 Å². The summed E-state index contributed by atoms with van der Waals surface area (Å²) in [5.41, 5.74) is -0.620. The van der Waals surface area contributed by atoms with Crippen molar-refractivity contribution < 1.29 is 23.1 Å². The van der Waals surface area contributed by atoms with E-state index in [-0.39, 0.29) is 12.5 Å². The standard InChI is InChI=1S/C18H21F2NO3/c1-17(2,3)24-16(23)21-10-18(8-12(18)6-15(21)9-22)11-4-13(19)7-14(20)5-11/h4-5,7,9,12,15H,6,8,10H2,1-3H3. The molecule has 4 nitrogen and oxygen atoms in total. The highest BCUT2D eigenvalue weighted by molar-refractivity contribution is 5.75. The summed E-state index contributed by atoms with van der Waals surface area (Å²) in [5.74, 6) is -1.12. The first-order valence-corrected chi connectivity index (χ1v) is 8.06. The molecule has 3 rings (SSSR count). The van der Waals surface area contributed by atoms with Crippen molar-refractivity contribution in [1.82, 2.24) is 4.90 Å². The SMILES string of the molecule is CC(C)(C)OC(=O)N1CC2(c3cc(F)cc(F)c3)CC2CC1C=O. The van der Waals surface area contributed by atoms with Crippen LogP contribution in [0.4, 0.5) is 13.6 Å². The van der Waals surface area contributed by atoms with Crippen LogP contribution in [0.15, 0.2) is 18.2 Å². The van der Waals surface area contributed by atoms with Gasteiger partial charge in [0.15, 0.2) is 0 Å². The minimum Gasteiger partial charge on any atom is -0.444 e. The number of benzene rings is 1. The second-order valence-electron chi connectivity index (χ2n) is 7.76. The molecule has 2 fully saturated rings. The Hall–Kier alpha value is -1.98. The lowest BCUT2D eigenvalue weighted by molar-refractivity contribution is -0.113. The number of hydrogen-bond donors (Lipinski definition) is 0. The maximum atomic E-state index is 13.6. The van der Waals surface area contributed by atoms with Gasteiger partial charge in [-0.2, -0.15) is 0 Å². The van der Waals surface area contributed by atoms with Crippen molar-refractivity contribution >= 4 is 12.4 Å². The molecule has 0 aromatic heterocycles. The summed E-state index contributed by atoms with van der Waals surface area (Å²) in [6.07, 6.45) is 1.37. The molecule has 3 unspecified atom stereocenters. The molecule has 1 saturated carbocycles. The van der Waals surface area contributed by atoms with Crippen LogP contribution in [0.3, 0.4) is 0 Å². The minimum atomic E-state index is -0.678. The average Bonchev–Trinajstić information content (AvgIpc) is 3.17. The first kappa shape index (κ1) is 16.9. The zero-order valence-corrected chi connectivity index (χ0v) is 14.0. The maximum absolute atomic E-state index is 13.6. The van der Waals surface area contributed by atoms with Crippen LogP contribution in [0, 0.1) is 17.6 Å². The first-order chi connectivity index (χ1) is 11.1. The van der Waals surface area contributed by atoms with Gasteiger partial charge in [-0.3, -0.25) is 4.90 Å². The molecule has 130 valence electrons. The van der Waals surface area contributed by atoms with Crippen molar-refractivity contribution in [1.29, 1.82) is 0 Å². The van der Waals surface area contributed by atoms with E-state index in [1.807, 2.05) is 0 Å². The van der Waals surface area contributed by atoms with Gasteiger partial charge in [-0.1, -0.05) is 0 Å². The van der Waals surface area contributed by atoms with E-state index < -0.39 is 34.8 Å². The molecule has 0 radical (unpaired) electrons. The lowest BCUT2D eigenvalue weighted by atomic mass is 9.86. The van der Waals surface area contributed by atoms with Crippen molar-refractivity contribution in [3.8, 4) is 0 Å². The van der Waals surface area contributed by atoms with Crippen molar-refractivity contribution in [2.24, 2.45) is 5.92 Å². The number of carbonyl (C=O) groups excluding carboxylic acids is 2. The Balaban J connectivity index is 1.88. The van der Waals surface area contributed by atoms with E-state index in [0.717, 1.165) is 12.4 Å². The minimum absolute atomic E-state index is 0.146. The molecular weight excluding hydrogens is 316 g/mol. The van der Waals surface area contributed by atoms with Gasteiger partial charge in [0.25, 0.3) is 0 Å². The fourth-order valence-electron chi connectivity index (χ4n) is 3.66. The molecule has 1 aromatic carbocycles. The number of likely N-dealkylation sites (tertiary alicyclic amines) is 1. The van der Waals surface area contributed by atoms with E-state index in [1.54, 1.807) is 20.8 Å². The van der Waals surface area contributed by atoms with E-state index in [9.17, 15) is 18.4 Å². The molecule has 1 heterocycles. The molecule has 0 spiro atoms. The quantitative estimate of drug-likeness (QED) is 0.777. The third kappa shape index (κ3) is 3.01. The van der Waals surface area contributed by atoms with Gasteiger partial charge in [0.2, 0.25) is 0 Å². The number of piperidine rings is 1. The number of amides is 1. The summed E-state index contributed by atoms with van der Waals surface area (Å²) in [5, 5.41) is 0. The monoisotopic (exact) mass is 337 g/mol. The Bertz CT molecular complexity index is 665. The molecular formula is C18H21F2NO3. The highest BCUT2D eigenvalue weighted by atomic mass is 19.1. The number of rotatable bonds is 2. The number of ether oxygens (including phenoxy) is 1. The van der Waals surface area contributed by atoms with E-state index in [2.05, 4.69) is 0 Å². The molecule has 1 aliphatic heterocycles. The molecule has 1 amide bonds. The highest BCUT2D eigenvalue weighted by Crippen LogP contribution is 2.60. The van der Waals surface area contributed by atoms with Crippen molar-refractivity contribution in [2.75, 3.05) is 6.54 Å². The topological polar surface area (TPSA) is 46.6 Å². The van der Waals surface area contributed by atoms with Crippen LogP contribution in [0.1, 0.15) is 39.2 Å². The summed E-state index contributed by atoms with van der Waals surface area (Å²) in [6, 6.07) is 2.91. The third-order valence-electron chi connectivity index (χ3n) is 4.83. The Morgan fingerprint density at radius 1 is 1.29 bits per heavy atom. The molecule has 3 atom stereocenters. The van der Waals surface area contributed by atoms with E-state index in [1.165, 1.54) is 17.0 Å². The predicted octanol–water partition coefficient (Wildman–Crippen LogP) is 3.43. The summed E-state index contributed by atoms with van der Waals surface area (Å²) in [7, 11) is 0.